The first-order chi connectivity index (χ1) is 10.7. The van der Waals surface area contributed by atoms with E-state index in [4.69, 9.17) is 10.5 Å². The maximum atomic E-state index is 11.7. The molecule has 0 aromatic heterocycles. The largest absolute Gasteiger partial charge is 0.465 e. The number of aryl methyl sites for hydroxylation is 2. The number of carbonyl (C=O) groups is 1. The third-order valence-corrected chi connectivity index (χ3v) is 3.87. The van der Waals surface area contributed by atoms with Gasteiger partial charge in [0.25, 0.3) is 0 Å². The number of hydrogen-bond acceptors (Lipinski definition) is 3. The normalized spacial score (nSPS) is 10.4. The molecule has 0 spiro atoms. The van der Waals surface area contributed by atoms with Crippen LogP contribution in [-0.4, -0.2) is 13.1 Å². The van der Waals surface area contributed by atoms with Gasteiger partial charge in [0.1, 0.15) is 0 Å². The van der Waals surface area contributed by atoms with Gasteiger partial charge >= 0.3 is 5.97 Å². The average molecular weight is 297 g/mol. The Morgan fingerprint density at radius 2 is 1.50 bits per heavy atom. The van der Waals surface area contributed by atoms with Crippen LogP contribution in [0.4, 0.5) is 5.69 Å². The number of ether oxygens (including phenoxy) is 1. The molecule has 2 rings (SSSR count). The number of benzene rings is 2. The Hall–Kier alpha value is -2.29. The summed E-state index contributed by atoms with van der Waals surface area (Å²) < 4.78 is 4.82. The van der Waals surface area contributed by atoms with E-state index in [1.54, 1.807) is 0 Å². The fourth-order valence-corrected chi connectivity index (χ4v) is 2.62. The lowest BCUT2D eigenvalue weighted by atomic mass is 9.99. The lowest BCUT2D eigenvalue weighted by Gasteiger charge is -2.08. The molecular formula is C19H23NO2. The zero-order valence-electron chi connectivity index (χ0n) is 13.0. The van der Waals surface area contributed by atoms with E-state index in [0.717, 1.165) is 43.4 Å². The molecule has 0 amide bonds. The van der Waals surface area contributed by atoms with E-state index in [1.165, 1.54) is 12.7 Å². The molecule has 22 heavy (non-hydrogen) atoms. The molecule has 0 heterocycles. The van der Waals surface area contributed by atoms with E-state index in [-0.39, 0.29) is 5.97 Å². The number of anilines is 1. The molecule has 3 nitrogen and oxygen atoms in total. The van der Waals surface area contributed by atoms with Crippen LogP contribution in [0.1, 0.15) is 40.7 Å². The van der Waals surface area contributed by atoms with Crippen LogP contribution in [0.2, 0.25) is 0 Å². The zero-order chi connectivity index (χ0) is 15.8. The fourth-order valence-electron chi connectivity index (χ4n) is 2.62. The Balaban J connectivity index is 1.80. The molecule has 0 aliphatic heterocycles. The van der Waals surface area contributed by atoms with Crippen molar-refractivity contribution in [3.05, 3.63) is 65.2 Å². The van der Waals surface area contributed by atoms with Gasteiger partial charge in [0.15, 0.2) is 0 Å². The number of nitrogens with two attached hydrogens (primary N) is 1. The highest BCUT2D eigenvalue weighted by Crippen LogP contribution is 2.17. The molecule has 0 radical (unpaired) electrons. The van der Waals surface area contributed by atoms with Crippen LogP contribution >= 0.6 is 0 Å². The summed E-state index contributed by atoms with van der Waals surface area (Å²) in [6, 6.07) is 15.7. The minimum Gasteiger partial charge on any atom is -0.465 e. The molecule has 0 saturated heterocycles. The number of carbonyl (C=O) groups excluding carboxylic acids is 1. The minimum absolute atomic E-state index is 0.257. The summed E-state index contributed by atoms with van der Waals surface area (Å²) in [6.45, 7) is 0. The van der Waals surface area contributed by atoms with Crippen molar-refractivity contribution >= 4 is 11.7 Å². The summed E-state index contributed by atoms with van der Waals surface area (Å²) in [4.78, 5) is 11.7. The molecule has 0 fully saturated rings. The minimum atomic E-state index is -0.257. The van der Waals surface area contributed by atoms with Gasteiger partial charge in [-0.05, 0) is 48.9 Å². The van der Waals surface area contributed by atoms with Gasteiger partial charge in [0, 0.05) is 5.69 Å². The van der Waals surface area contributed by atoms with Gasteiger partial charge in [-0.15, -0.1) is 0 Å². The Bertz CT molecular complexity index is 622. The number of esters is 1. The number of nitrogen functional groups attached to an aromatic ring is 1. The van der Waals surface area contributed by atoms with Gasteiger partial charge < -0.3 is 10.5 Å². The lowest BCUT2D eigenvalue weighted by Crippen LogP contribution is -2.05. The number of para-hydroxylation sites is 1. The van der Waals surface area contributed by atoms with Crippen molar-refractivity contribution in [2.75, 3.05) is 12.8 Å². The van der Waals surface area contributed by atoms with Crippen LogP contribution in [-0.2, 0) is 17.6 Å². The molecule has 0 aliphatic carbocycles. The van der Waals surface area contributed by atoms with Crippen LogP contribution < -0.4 is 5.73 Å². The summed E-state index contributed by atoms with van der Waals surface area (Å²) in [5.41, 5.74) is 9.78. The van der Waals surface area contributed by atoms with Gasteiger partial charge in [-0.2, -0.15) is 0 Å². The molecule has 2 aromatic rings. The van der Waals surface area contributed by atoms with Crippen LogP contribution in [0, 0.1) is 0 Å². The van der Waals surface area contributed by atoms with Gasteiger partial charge in [0.05, 0.1) is 12.7 Å². The first kappa shape index (κ1) is 16.1. The number of methoxy groups -OCH3 is 1. The fraction of sp³-hybridized carbons (Fsp3) is 0.316. The summed E-state index contributed by atoms with van der Waals surface area (Å²) >= 11 is 0. The monoisotopic (exact) mass is 297 g/mol. The molecule has 116 valence electrons. The van der Waals surface area contributed by atoms with E-state index in [0.29, 0.717) is 5.56 Å². The molecule has 0 bridgehead atoms. The Kier molecular flexibility index (Phi) is 6.01. The highest BCUT2D eigenvalue weighted by Gasteiger charge is 2.10. The lowest BCUT2D eigenvalue weighted by molar-refractivity contribution is 0.0599. The van der Waals surface area contributed by atoms with Crippen LogP contribution in [0.5, 0.6) is 0 Å². The second kappa shape index (κ2) is 8.23. The summed E-state index contributed by atoms with van der Waals surface area (Å²) in [5.74, 6) is -0.257. The molecule has 0 unspecified atom stereocenters. The van der Waals surface area contributed by atoms with E-state index >= 15 is 0 Å². The molecule has 0 aliphatic rings. The molecule has 2 N–H and O–H groups in total. The highest BCUT2D eigenvalue weighted by molar-refractivity contribution is 5.90. The first-order valence-electron chi connectivity index (χ1n) is 7.72. The SMILES string of the molecule is COC(=O)c1ccccc1CCCCCc1ccccc1N. The van der Waals surface area contributed by atoms with E-state index in [2.05, 4.69) is 6.07 Å². The first-order valence-corrected chi connectivity index (χ1v) is 7.72. The Labute approximate surface area is 132 Å². The Morgan fingerprint density at radius 1 is 0.909 bits per heavy atom. The van der Waals surface area contributed by atoms with Crippen LogP contribution in [0.25, 0.3) is 0 Å². The van der Waals surface area contributed by atoms with Crippen molar-refractivity contribution < 1.29 is 9.53 Å². The van der Waals surface area contributed by atoms with Gasteiger partial charge in [0.2, 0.25) is 0 Å². The molecule has 3 heteroatoms. The molecule has 0 saturated carbocycles. The maximum absolute atomic E-state index is 11.7. The zero-order valence-corrected chi connectivity index (χ0v) is 13.0. The Morgan fingerprint density at radius 3 is 2.18 bits per heavy atom. The molecular weight excluding hydrogens is 274 g/mol. The second-order valence-corrected chi connectivity index (χ2v) is 5.41. The number of unbranched alkanes of at least 4 members (excludes halogenated alkanes) is 2. The third kappa shape index (κ3) is 4.35. The van der Waals surface area contributed by atoms with Gasteiger partial charge in [-0.3, -0.25) is 0 Å². The number of hydrogen-bond donors (Lipinski definition) is 1. The maximum Gasteiger partial charge on any atom is 0.338 e. The van der Waals surface area contributed by atoms with Gasteiger partial charge in [-0.25, -0.2) is 4.79 Å². The quantitative estimate of drug-likeness (QED) is 0.477. The van der Waals surface area contributed by atoms with E-state index < -0.39 is 0 Å². The van der Waals surface area contributed by atoms with Crippen LogP contribution in [0.3, 0.4) is 0 Å². The topological polar surface area (TPSA) is 52.3 Å². The number of rotatable bonds is 7. The van der Waals surface area contributed by atoms with Crippen molar-refractivity contribution in [2.45, 2.75) is 32.1 Å². The summed E-state index contributed by atoms with van der Waals surface area (Å²) in [6.07, 6.45) is 5.18. The highest BCUT2D eigenvalue weighted by atomic mass is 16.5. The van der Waals surface area contributed by atoms with Gasteiger partial charge in [-0.1, -0.05) is 42.8 Å². The predicted molar refractivity (Wildman–Crippen MR) is 89.9 cm³/mol. The second-order valence-electron chi connectivity index (χ2n) is 5.41. The summed E-state index contributed by atoms with van der Waals surface area (Å²) in [7, 11) is 1.42. The molecule has 2 aromatic carbocycles. The van der Waals surface area contributed by atoms with E-state index in [1.807, 2.05) is 42.5 Å². The van der Waals surface area contributed by atoms with Crippen LogP contribution in [0.15, 0.2) is 48.5 Å². The standard InChI is InChI=1S/C19H23NO2/c1-22-19(21)17-13-7-5-10-15(17)9-3-2-4-11-16-12-6-8-14-18(16)20/h5-8,10,12-14H,2-4,9,11,20H2,1H3. The van der Waals surface area contributed by atoms with Crippen molar-refractivity contribution in [2.24, 2.45) is 0 Å². The average Bonchev–Trinajstić information content (AvgIpc) is 2.56. The predicted octanol–water partition coefficient (Wildman–Crippen LogP) is 4.01. The van der Waals surface area contributed by atoms with Crippen molar-refractivity contribution in [1.82, 2.24) is 0 Å². The third-order valence-electron chi connectivity index (χ3n) is 3.87. The van der Waals surface area contributed by atoms with Crippen molar-refractivity contribution in [1.29, 1.82) is 0 Å². The molecule has 0 atom stereocenters. The van der Waals surface area contributed by atoms with Crippen molar-refractivity contribution in [3.63, 3.8) is 0 Å². The van der Waals surface area contributed by atoms with E-state index in [9.17, 15) is 4.79 Å². The smallest absolute Gasteiger partial charge is 0.338 e. The van der Waals surface area contributed by atoms with Crippen molar-refractivity contribution in [3.8, 4) is 0 Å². The summed E-state index contributed by atoms with van der Waals surface area (Å²) in [5, 5.41) is 0.